The number of hydrogen-bond donors (Lipinski definition) is 1. The van der Waals surface area contributed by atoms with Gasteiger partial charge in [-0.3, -0.25) is 4.79 Å². The summed E-state index contributed by atoms with van der Waals surface area (Å²) in [5, 5.41) is 11.4. The van der Waals surface area contributed by atoms with E-state index in [9.17, 15) is 9.18 Å². The van der Waals surface area contributed by atoms with Crippen molar-refractivity contribution in [1.82, 2.24) is 15.1 Å². The lowest BCUT2D eigenvalue weighted by Gasteiger charge is -2.32. The normalized spacial score (nSPS) is 14.6. The maximum absolute atomic E-state index is 13.7. The standard InChI is InChI=1S/C22H22FN5O/c1-27-12-14-28(15-13-27)21-11-10-20(25-26-21)16-6-8-17(9-7-16)24-22(29)18-4-2-3-5-19(18)23/h2-11H,12-15H2,1H3,(H,24,29). The first kappa shape index (κ1) is 19.0. The fourth-order valence-electron chi connectivity index (χ4n) is 3.25. The van der Waals surface area contributed by atoms with Crippen LogP contribution >= 0.6 is 0 Å². The van der Waals surface area contributed by atoms with E-state index in [1.165, 1.54) is 12.1 Å². The molecule has 1 N–H and O–H groups in total. The SMILES string of the molecule is CN1CCN(c2ccc(-c3ccc(NC(=O)c4ccccc4F)cc3)nn2)CC1. The van der Waals surface area contributed by atoms with Gasteiger partial charge in [-0.25, -0.2) is 4.39 Å². The van der Waals surface area contributed by atoms with Gasteiger partial charge in [-0.1, -0.05) is 24.3 Å². The summed E-state index contributed by atoms with van der Waals surface area (Å²) in [4.78, 5) is 16.7. The van der Waals surface area contributed by atoms with Gasteiger partial charge in [-0.2, -0.15) is 0 Å². The number of halogens is 1. The number of rotatable bonds is 4. The number of aromatic nitrogens is 2. The van der Waals surface area contributed by atoms with Gasteiger partial charge in [0.1, 0.15) is 5.82 Å². The number of carbonyl (C=O) groups is 1. The molecule has 2 heterocycles. The Morgan fingerprint density at radius 3 is 2.31 bits per heavy atom. The Bertz CT molecular complexity index is 983. The molecule has 0 atom stereocenters. The van der Waals surface area contributed by atoms with Crippen LogP contribution in [0, 0.1) is 5.82 Å². The predicted octanol–water partition coefficient (Wildman–Crippen LogP) is 3.29. The molecule has 0 bridgehead atoms. The summed E-state index contributed by atoms with van der Waals surface area (Å²) in [7, 11) is 2.12. The summed E-state index contributed by atoms with van der Waals surface area (Å²) >= 11 is 0. The van der Waals surface area contributed by atoms with E-state index in [-0.39, 0.29) is 5.56 Å². The molecule has 0 unspecified atom stereocenters. The summed E-state index contributed by atoms with van der Waals surface area (Å²) in [5.74, 6) is -0.139. The minimum absolute atomic E-state index is 0.0157. The van der Waals surface area contributed by atoms with Crippen LogP contribution in [0.15, 0.2) is 60.7 Å². The van der Waals surface area contributed by atoms with Crippen LogP contribution in [0.2, 0.25) is 0 Å². The van der Waals surface area contributed by atoms with Crippen molar-refractivity contribution >= 4 is 17.4 Å². The van der Waals surface area contributed by atoms with Crippen molar-refractivity contribution in [3.05, 3.63) is 72.0 Å². The van der Waals surface area contributed by atoms with E-state index < -0.39 is 11.7 Å². The van der Waals surface area contributed by atoms with Crippen molar-refractivity contribution in [2.24, 2.45) is 0 Å². The summed E-state index contributed by atoms with van der Waals surface area (Å²) < 4.78 is 13.7. The number of nitrogens with zero attached hydrogens (tertiary/aromatic N) is 4. The summed E-state index contributed by atoms with van der Waals surface area (Å²) in [5.41, 5.74) is 2.26. The van der Waals surface area contributed by atoms with Crippen molar-refractivity contribution in [1.29, 1.82) is 0 Å². The van der Waals surface area contributed by atoms with Gasteiger partial charge in [0.25, 0.3) is 5.91 Å². The third kappa shape index (κ3) is 4.41. The van der Waals surface area contributed by atoms with E-state index in [0.717, 1.165) is 43.3 Å². The van der Waals surface area contributed by atoms with Crippen molar-refractivity contribution in [2.45, 2.75) is 0 Å². The number of piperazine rings is 1. The van der Waals surface area contributed by atoms with Gasteiger partial charge < -0.3 is 15.1 Å². The Morgan fingerprint density at radius 2 is 1.66 bits per heavy atom. The molecule has 148 valence electrons. The first-order chi connectivity index (χ1) is 14.1. The van der Waals surface area contributed by atoms with Crippen LogP contribution in [-0.2, 0) is 0 Å². The van der Waals surface area contributed by atoms with Crippen LogP contribution < -0.4 is 10.2 Å². The molecule has 29 heavy (non-hydrogen) atoms. The maximum atomic E-state index is 13.7. The molecule has 0 spiro atoms. The van der Waals surface area contributed by atoms with Crippen LogP contribution in [0.4, 0.5) is 15.9 Å². The Morgan fingerprint density at radius 1 is 0.931 bits per heavy atom. The van der Waals surface area contributed by atoms with Gasteiger partial charge in [0.2, 0.25) is 0 Å². The van der Waals surface area contributed by atoms with Crippen LogP contribution in [-0.4, -0.2) is 54.2 Å². The Labute approximate surface area is 169 Å². The topological polar surface area (TPSA) is 61.4 Å². The van der Waals surface area contributed by atoms with Crippen molar-refractivity contribution in [3.8, 4) is 11.3 Å². The van der Waals surface area contributed by atoms with Gasteiger partial charge in [0.05, 0.1) is 11.3 Å². The van der Waals surface area contributed by atoms with Gasteiger partial charge in [-0.15, -0.1) is 10.2 Å². The second-order valence-corrected chi connectivity index (χ2v) is 7.08. The molecule has 4 rings (SSSR count). The lowest BCUT2D eigenvalue weighted by molar-refractivity contribution is 0.102. The minimum Gasteiger partial charge on any atom is -0.353 e. The van der Waals surface area contributed by atoms with E-state index in [0.29, 0.717) is 5.69 Å². The average Bonchev–Trinajstić information content (AvgIpc) is 2.75. The third-order valence-electron chi connectivity index (χ3n) is 5.03. The van der Waals surface area contributed by atoms with Gasteiger partial charge in [0.15, 0.2) is 5.82 Å². The number of anilines is 2. The number of nitrogens with one attached hydrogen (secondary N) is 1. The molecule has 1 aromatic heterocycles. The van der Waals surface area contributed by atoms with E-state index in [4.69, 9.17) is 0 Å². The zero-order valence-corrected chi connectivity index (χ0v) is 16.2. The first-order valence-corrected chi connectivity index (χ1v) is 9.54. The molecule has 0 radical (unpaired) electrons. The van der Waals surface area contributed by atoms with E-state index in [1.807, 2.05) is 24.3 Å². The highest BCUT2D eigenvalue weighted by Crippen LogP contribution is 2.22. The van der Waals surface area contributed by atoms with Crippen molar-refractivity contribution in [3.63, 3.8) is 0 Å². The largest absolute Gasteiger partial charge is 0.353 e. The zero-order chi connectivity index (χ0) is 20.2. The maximum Gasteiger partial charge on any atom is 0.258 e. The molecular weight excluding hydrogens is 369 g/mol. The number of carbonyl (C=O) groups excluding carboxylic acids is 1. The second-order valence-electron chi connectivity index (χ2n) is 7.08. The van der Waals surface area contributed by atoms with Crippen LogP contribution in [0.25, 0.3) is 11.3 Å². The number of likely N-dealkylation sites (N-methyl/N-ethyl adjacent to an activating group) is 1. The number of benzene rings is 2. The second kappa shape index (κ2) is 8.36. The van der Waals surface area contributed by atoms with Crippen molar-refractivity contribution < 1.29 is 9.18 Å². The highest BCUT2D eigenvalue weighted by molar-refractivity contribution is 6.04. The molecule has 1 aliphatic rings. The average molecular weight is 391 g/mol. The first-order valence-electron chi connectivity index (χ1n) is 9.54. The summed E-state index contributed by atoms with van der Waals surface area (Å²) in [6.07, 6.45) is 0. The number of hydrogen-bond acceptors (Lipinski definition) is 5. The Kier molecular flexibility index (Phi) is 5.48. The van der Waals surface area contributed by atoms with Crippen molar-refractivity contribution in [2.75, 3.05) is 43.4 Å². The molecule has 1 amide bonds. The molecular formula is C22H22FN5O. The lowest BCUT2D eigenvalue weighted by atomic mass is 10.1. The molecule has 3 aromatic rings. The molecule has 2 aromatic carbocycles. The molecule has 6 nitrogen and oxygen atoms in total. The third-order valence-corrected chi connectivity index (χ3v) is 5.03. The van der Waals surface area contributed by atoms with Crippen LogP contribution in [0.1, 0.15) is 10.4 Å². The summed E-state index contributed by atoms with van der Waals surface area (Å²) in [6, 6.07) is 17.1. The molecule has 0 saturated carbocycles. The minimum atomic E-state index is -0.544. The van der Waals surface area contributed by atoms with Gasteiger partial charge in [0, 0.05) is 37.4 Å². The van der Waals surface area contributed by atoms with Crippen LogP contribution in [0.3, 0.4) is 0 Å². The fraction of sp³-hybridized carbons (Fsp3) is 0.227. The zero-order valence-electron chi connectivity index (χ0n) is 16.2. The molecule has 1 saturated heterocycles. The van der Waals surface area contributed by atoms with Gasteiger partial charge in [-0.05, 0) is 43.4 Å². The van der Waals surface area contributed by atoms with E-state index >= 15 is 0 Å². The predicted molar refractivity (Wildman–Crippen MR) is 112 cm³/mol. The van der Waals surface area contributed by atoms with E-state index in [2.05, 4.69) is 32.4 Å². The fourth-order valence-corrected chi connectivity index (χ4v) is 3.25. The molecule has 0 aliphatic carbocycles. The van der Waals surface area contributed by atoms with Gasteiger partial charge >= 0.3 is 0 Å². The molecule has 1 fully saturated rings. The highest BCUT2D eigenvalue weighted by Gasteiger charge is 2.16. The molecule has 1 aliphatic heterocycles. The Balaban J connectivity index is 1.42. The smallest absolute Gasteiger partial charge is 0.258 e. The highest BCUT2D eigenvalue weighted by atomic mass is 19.1. The van der Waals surface area contributed by atoms with E-state index in [1.54, 1.807) is 24.3 Å². The number of amides is 1. The Hall–Kier alpha value is -3.32. The van der Waals surface area contributed by atoms with Crippen LogP contribution in [0.5, 0.6) is 0 Å². The monoisotopic (exact) mass is 391 g/mol. The lowest BCUT2D eigenvalue weighted by Crippen LogP contribution is -2.44. The quantitative estimate of drug-likeness (QED) is 0.740. The molecule has 7 heteroatoms. The summed E-state index contributed by atoms with van der Waals surface area (Å²) in [6.45, 7) is 3.93.